The van der Waals surface area contributed by atoms with Crippen molar-refractivity contribution in [3.63, 3.8) is 0 Å². The SMILES string of the molecule is COc1ccc(N2C(=O)CN(CCc3cccs3)[C@@H]3CS(=O)(=O)C[C@H]32)cc1. The molecule has 8 heteroatoms. The van der Waals surface area contributed by atoms with Crippen molar-refractivity contribution < 1.29 is 17.9 Å². The van der Waals surface area contributed by atoms with Crippen LogP contribution in [0.4, 0.5) is 5.69 Å². The van der Waals surface area contributed by atoms with Crippen molar-refractivity contribution in [2.75, 3.05) is 36.6 Å². The average molecular weight is 407 g/mol. The van der Waals surface area contributed by atoms with E-state index < -0.39 is 9.84 Å². The number of sulfone groups is 1. The zero-order valence-electron chi connectivity index (χ0n) is 15.1. The number of carbonyl (C=O) groups excluding carboxylic acids is 1. The van der Waals surface area contributed by atoms with E-state index in [4.69, 9.17) is 4.74 Å². The summed E-state index contributed by atoms with van der Waals surface area (Å²) in [5, 5.41) is 2.03. The highest BCUT2D eigenvalue weighted by atomic mass is 32.2. The van der Waals surface area contributed by atoms with Gasteiger partial charge in [-0.2, -0.15) is 0 Å². The number of hydrogen-bond acceptors (Lipinski definition) is 6. The maximum atomic E-state index is 12.9. The Morgan fingerprint density at radius 1 is 1.15 bits per heavy atom. The molecule has 2 aromatic rings. The Kier molecular flexibility index (Phi) is 4.96. The molecule has 0 unspecified atom stereocenters. The summed E-state index contributed by atoms with van der Waals surface area (Å²) in [7, 11) is -1.58. The lowest BCUT2D eigenvalue weighted by Gasteiger charge is -2.43. The maximum Gasteiger partial charge on any atom is 0.241 e. The van der Waals surface area contributed by atoms with Crippen molar-refractivity contribution >= 4 is 32.8 Å². The van der Waals surface area contributed by atoms with Gasteiger partial charge in [0.05, 0.1) is 31.2 Å². The molecule has 2 atom stereocenters. The van der Waals surface area contributed by atoms with Gasteiger partial charge in [0.1, 0.15) is 5.75 Å². The van der Waals surface area contributed by atoms with Crippen LogP contribution in [0.15, 0.2) is 41.8 Å². The molecule has 1 aromatic carbocycles. The predicted molar refractivity (Wildman–Crippen MR) is 106 cm³/mol. The van der Waals surface area contributed by atoms with Crippen molar-refractivity contribution in [2.45, 2.75) is 18.5 Å². The standard InChI is InChI=1S/C19H22N2O4S2/c1-25-15-6-4-14(5-7-15)21-18-13-27(23,24)12-17(18)20(11-19(21)22)9-8-16-3-2-10-26-16/h2-7,10,17-18H,8-9,11-13H2,1H3/t17-,18-/m1/s1. The third-order valence-electron chi connectivity index (χ3n) is 5.28. The Morgan fingerprint density at radius 3 is 2.56 bits per heavy atom. The van der Waals surface area contributed by atoms with Gasteiger partial charge >= 0.3 is 0 Å². The molecule has 27 heavy (non-hydrogen) atoms. The molecule has 144 valence electrons. The van der Waals surface area contributed by atoms with E-state index in [1.165, 1.54) is 4.88 Å². The first kappa shape index (κ1) is 18.5. The lowest BCUT2D eigenvalue weighted by Crippen LogP contribution is -2.62. The number of rotatable bonds is 5. The quantitative estimate of drug-likeness (QED) is 0.758. The second-order valence-electron chi connectivity index (χ2n) is 6.97. The maximum absolute atomic E-state index is 12.9. The molecule has 0 saturated carbocycles. The second-order valence-corrected chi connectivity index (χ2v) is 10.2. The molecular weight excluding hydrogens is 384 g/mol. The molecule has 0 bridgehead atoms. The van der Waals surface area contributed by atoms with E-state index in [2.05, 4.69) is 11.0 Å². The fraction of sp³-hybridized carbons (Fsp3) is 0.421. The van der Waals surface area contributed by atoms with Gasteiger partial charge in [0.15, 0.2) is 9.84 Å². The number of fused-ring (bicyclic) bond motifs is 1. The van der Waals surface area contributed by atoms with E-state index in [-0.39, 0.29) is 36.0 Å². The van der Waals surface area contributed by atoms with Gasteiger partial charge < -0.3 is 9.64 Å². The second kappa shape index (κ2) is 7.26. The number of carbonyl (C=O) groups is 1. The van der Waals surface area contributed by atoms with Crippen molar-refractivity contribution in [3.8, 4) is 5.75 Å². The molecule has 1 aromatic heterocycles. The summed E-state index contributed by atoms with van der Waals surface area (Å²) >= 11 is 1.69. The van der Waals surface area contributed by atoms with E-state index in [1.807, 2.05) is 23.6 Å². The van der Waals surface area contributed by atoms with Crippen molar-refractivity contribution in [3.05, 3.63) is 46.7 Å². The Balaban J connectivity index is 1.59. The third kappa shape index (κ3) is 3.74. The molecule has 3 heterocycles. The van der Waals surface area contributed by atoms with Crippen LogP contribution in [0.2, 0.25) is 0 Å². The van der Waals surface area contributed by atoms with Crippen LogP contribution in [0.25, 0.3) is 0 Å². The number of ether oxygens (including phenoxy) is 1. The number of thiophene rings is 1. The van der Waals surface area contributed by atoms with Crippen molar-refractivity contribution in [1.82, 2.24) is 4.90 Å². The highest BCUT2D eigenvalue weighted by Gasteiger charge is 2.49. The zero-order chi connectivity index (χ0) is 19.0. The molecule has 0 radical (unpaired) electrons. The first-order valence-corrected chi connectivity index (χ1v) is 11.6. The van der Waals surface area contributed by atoms with Gasteiger partial charge in [-0.15, -0.1) is 11.3 Å². The van der Waals surface area contributed by atoms with E-state index in [1.54, 1.807) is 35.5 Å². The summed E-state index contributed by atoms with van der Waals surface area (Å²) in [5.41, 5.74) is 0.728. The molecule has 2 aliphatic heterocycles. The minimum atomic E-state index is -3.17. The summed E-state index contributed by atoms with van der Waals surface area (Å²) in [6.45, 7) is 0.938. The van der Waals surface area contributed by atoms with Gasteiger partial charge in [0.2, 0.25) is 5.91 Å². The van der Waals surface area contributed by atoms with Crippen LogP contribution >= 0.6 is 11.3 Å². The van der Waals surface area contributed by atoms with Gasteiger partial charge in [-0.05, 0) is 42.1 Å². The lowest BCUT2D eigenvalue weighted by molar-refractivity contribution is -0.123. The molecular formula is C19H22N2O4S2. The van der Waals surface area contributed by atoms with Crippen molar-refractivity contribution in [2.24, 2.45) is 0 Å². The monoisotopic (exact) mass is 406 g/mol. The topological polar surface area (TPSA) is 66.9 Å². The number of hydrogen-bond donors (Lipinski definition) is 0. The Labute approximate surface area is 163 Å². The van der Waals surface area contributed by atoms with Crippen LogP contribution in [0.5, 0.6) is 5.75 Å². The van der Waals surface area contributed by atoms with Gasteiger partial charge in [0, 0.05) is 23.2 Å². The fourth-order valence-electron chi connectivity index (χ4n) is 3.99. The van der Waals surface area contributed by atoms with E-state index in [0.29, 0.717) is 12.3 Å². The van der Waals surface area contributed by atoms with Crippen LogP contribution in [-0.4, -0.2) is 63.0 Å². The molecule has 2 saturated heterocycles. The molecule has 2 aliphatic rings. The molecule has 0 N–H and O–H groups in total. The average Bonchev–Trinajstić information content (AvgIpc) is 3.26. The van der Waals surface area contributed by atoms with Crippen LogP contribution in [0.3, 0.4) is 0 Å². The smallest absolute Gasteiger partial charge is 0.241 e. The lowest BCUT2D eigenvalue weighted by atomic mass is 10.0. The Bertz CT molecular complexity index is 910. The number of benzene rings is 1. The molecule has 0 aliphatic carbocycles. The third-order valence-corrected chi connectivity index (χ3v) is 7.91. The first-order valence-electron chi connectivity index (χ1n) is 8.90. The van der Waals surface area contributed by atoms with Gasteiger partial charge in [0.25, 0.3) is 0 Å². The van der Waals surface area contributed by atoms with E-state index in [0.717, 1.165) is 12.1 Å². The number of amides is 1. The van der Waals surface area contributed by atoms with Crippen molar-refractivity contribution in [1.29, 1.82) is 0 Å². The summed E-state index contributed by atoms with van der Waals surface area (Å²) in [6.07, 6.45) is 0.830. The van der Waals surface area contributed by atoms with Crippen LogP contribution in [0, 0.1) is 0 Å². The number of nitrogens with zero attached hydrogens (tertiary/aromatic N) is 2. The molecule has 6 nitrogen and oxygen atoms in total. The van der Waals surface area contributed by atoms with Gasteiger partial charge in [-0.1, -0.05) is 6.07 Å². The number of methoxy groups -OCH3 is 1. The van der Waals surface area contributed by atoms with Crippen LogP contribution in [-0.2, 0) is 21.1 Å². The molecule has 4 rings (SSSR count). The van der Waals surface area contributed by atoms with Gasteiger partial charge in [-0.25, -0.2) is 8.42 Å². The fourth-order valence-corrected chi connectivity index (χ4v) is 6.67. The summed E-state index contributed by atoms with van der Waals surface area (Å²) in [6, 6.07) is 10.8. The number of piperazine rings is 1. The largest absolute Gasteiger partial charge is 0.497 e. The van der Waals surface area contributed by atoms with Crippen LogP contribution < -0.4 is 9.64 Å². The predicted octanol–water partition coefficient (Wildman–Crippen LogP) is 1.81. The normalized spacial score (nSPS) is 24.8. The summed E-state index contributed by atoms with van der Waals surface area (Å²) in [5.74, 6) is 0.786. The highest BCUT2D eigenvalue weighted by molar-refractivity contribution is 7.91. The Morgan fingerprint density at radius 2 is 1.89 bits per heavy atom. The minimum absolute atomic E-state index is 0.0188. The molecule has 1 amide bonds. The van der Waals surface area contributed by atoms with Crippen LogP contribution in [0.1, 0.15) is 4.88 Å². The molecule has 0 spiro atoms. The summed E-state index contributed by atoms with van der Waals surface area (Å²) < 4.78 is 29.9. The zero-order valence-corrected chi connectivity index (χ0v) is 16.7. The minimum Gasteiger partial charge on any atom is -0.497 e. The summed E-state index contributed by atoms with van der Waals surface area (Å²) in [4.78, 5) is 17.9. The first-order chi connectivity index (χ1) is 13.0. The Hall–Kier alpha value is -1.90. The highest BCUT2D eigenvalue weighted by Crippen LogP contribution is 2.32. The van der Waals surface area contributed by atoms with Gasteiger partial charge in [-0.3, -0.25) is 9.69 Å². The van der Waals surface area contributed by atoms with E-state index in [9.17, 15) is 13.2 Å². The molecule has 2 fully saturated rings. The van der Waals surface area contributed by atoms with E-state index >= 15 is 0 Å². The number of anilines is 1.